The van der Waals surface area contributed by atoms with Crippen LogP contribution in [0.5, 0.6) is 0 Å². The molecular formula is C24H31N3O2. The summed E-state index contributed by atoms with van der Waals surface area (Å²) in [4.78, 5) is 25.8. The number of carbonyl (C=O) groups is 2. The topological polar surface area (TPSA) is 70.2 Å². The van der Waals surface area contributed by atoms with Crippen LogP contribution in [-0.2, 0) is 29.1 Å². The van der Waals surface area contributed by atoms with Crippen LogP contribution < -0.4 is 16.0 Å². The highest BCUT2D eigenvalue weighted by atomic mass is 16.2. The summed E-state index contributed by atoms with van der Waals surface area (Å²) in [5, 5.41) is 9.28. The molecule has 0 saturated heterocycles. The largest absolute Gasteiger partial charge is 0.350 e. The molecular weight excluding hydrogens is 362 g/mol. The third-order valence-electron chi connectivity index (χ3n) is 5.78. The van der Waals surface area contributed by atoms with Crippen molar-refractivity contribution in [2.75, 3.05) is 0 Å². The molecule has 3 atom stereocenters. The number of hydrogen-bond acceptors (Lipinski definition) is 3. The molecule has 3 rings (SSSR count). The molecule has 0 bridgehead atoms. The van der Waals surface area contributed by atoms with Gasteiger partial charge >= 0.3 is 0 Å². The van der Waals surface area contributed by atoms with E-state index in [0.29, 0.717) is 19.5 Å². The summed E-state index contributed by atoms with van der Waals surface area (Å²) in [7, 11) is 0. The molecule has 1 heterocycles. The van der Waals surface area contributed by atoms with Gasteiger partial charge in [0.25, 0.3) is 0 Å². The van der Waals surface area contributed by atoms with E-state index in [9.17, 15) is 9.59 Å². The van der Waals surface area contributed by atoms with Crippen molar-refractivity contribution < 1.29 is 9.59 Å². The Labute approximate surface area is 173 Å². The van der Waals surface area contributed by atoms with E-state index in [1.807, 2.05) is 57.2 Å². The molecule has 0 aliphatic carbocycles. The molecule has 0 unspecified atom stereocenters. The average molecular weight is 394 g/mol. The van der Waals surface area contributed by atoms with E-state index in [2.05, 4.69) is 28.1 Å². The summed E-state index contributed by atoms with van der Waals surface area (Å²) in [6, 6.07) is 15.4. The Kier molecular flexibility index (Phi) is 7.04. The van der Waals surface area contributed by atoms with Gasteiger partial charge in [0.1, 0.15) is 6.04 Å². The lowest BCUT2D eigenvalue weighted by Crippen LogP contribution is -2.56. The summed E-state index contributed by atoms with van der Waals surface area (Å²) < 4.78 is 0. The fourth-order valence-electron chi connectivity index (χ4n) is 3.60. The van der Waals surface area contributed by atoms with E-state index in [1.54, 1.807) is 0 Å². The first-order chi connectivity index (χ1) is 14.0. The second-order valence-corrected chi connectivity index (χ2v) is 7.98. The van der Waals surface area contributed by atoms with Gasteiger partial charge in [-0.2, -0.15) is 0 Å². The molecule has 5 heteroatoms. The van der Waals surface area contributed by atoms with Gasteiger partial charge in [-0.05, 0) is 36.0 Å². The summed E-state index contributed by atoms with van der Waals surface area (Å²) in [6.07, 6.45) is 1.45. The van der Waals surface area contributed by atoms with Gasteiger partial charge in [-0.3, -0.25) is 9.59 Å². The third kappa shape index (κ3) is 5.45. The molecule has 2 amide bonds. The Morgan fingerprint density at radius 1 is 1.10 bits per heavy atom. The number of aryl methyl sites for hydroxylation is 1. The van der Waals surface area contributed by atoms with Gasteiger partial charge in [-0.25, -0.2) is 0 Å². The summed E-state index contributed by atoms with van der Waals surface area (Å²) in [5.74, 6) is -0.201. The average Bonchev–Trinajstić information content (AvgIpc) is 2.75. The molecule has 2 aromatic carbocycles. The third-order valence-corrected chi connectivity index (χ3v) is 5.78. The molecule has 0 aromatic heterocycles. The Bertz CT molecular complexity index is 847. The van der Waals surface area contributed by atoms with Crippen molar-refractivity contribution in [3.63, 3.8) is 0 Å². The molecule has 1 aliphatic rings. The van der Waals surface area contributed by atoms with Gasteiger partial charge < -0.3 is 16.0 Å². The number of rotatable bonds is 7. The second kappa shape index (κ2) is 9.70. The lowest BCUT2D eigenvalue weighted by Gasteiger charge is -2.29. The van der Waals surface area contributed by atoms with E-state index < -0.39 is 6.04 Å². The molecule has 0 spiro atoms. The smallest absolute Gasteiger partial charge is 0.243 e. The molecule has 29 heavy (non-hydrogen) atoms. The summed E-state index contributed by atoms with van der Waals surface area (Å²) in [6.45, 7) is 7.19. The van der Waals surface area contributed by atoms with Crippen molar-refractivity contribution in [1.29, 1.82) is 0 Å². The number of nitrogens with one attached hydrogen (secondary N) is 3. The first kappa shape index (κ1) is 21.1. The molecule has 5 nitrogen and oxygen atoms in total. The Morgan fingerprint density at radius 2 is 1.79 bits per heavy atom. The second-order valence-electron chi connectivity index (χ2n) is 7.98. The molecule has 0 fully saturated rings. The minimum Gasteiger partial charge on any atom is -0.350 e. The molecule has 0 saturated carbocycles. The normalized spacial score (nSPS) is 17.7. The molecule has 154 valence electrons. The first-order valence-electron chi connectivity index (χ1n) is 10.4. The monoisotopic (exact) mass is 393 g/mol. The number of hydrogen-bond donors (Lipinski definition) is 3. The standard InChI is InChI=1S/C24H31N3O2/c1-4-17(3)22(24(29)26-14-18-11-9-16(2)10-12-18)27-23(28)21-13-19-7-5-6-8-20(19)15-25-21/h5-12,17,21-22,25H,4,13-15H2,1-3H3,(H,26,29)(H,27,28)/t17-,21-,22-/m0/s1. The maximum Gasteiger partial charge on any atom is 0.243 e. The van der Waals surface area contributed by atoms with Gasteiger partial charge in [-0.1, -0.05) is 74.4 Å². The zero-order valence-corrected chi connectivity index (χ0v) is 17.5. The lowest BCUT2D eigenvalue weighted by atomic mass is 9.94. The Morgan fingerprint density at radius 3 is 2.48 bits per heavy atom. The van der Waals surface area contributed by atoms with Crippen molar-refractivity contribution in [2.45, 2.75) is 58.8 Å². The van der Waals surface area contributed by atoms with Crippen LogP contribution in [0.25, 0.3) is 0 Å². The minimum atomic E-state index is -0.545. The molecule has 0 radical (unpaired) electrons. The van der Waals surface area contributed by atoms with Crippen molar-refractivity contribution in [2.24, 2.45) is 5.92 Å². The minimum absolute atomic E-state index is 0.0489. The van der Waals surface area contributed by atoms with Gasteiger partial charge in [0.2, 0.25) is 11.8 Å². The van der Waals surface area contributed by atoms with Crippen LogP contribution in [-0.4, -0.2) is 23.9 Å². The van der Waals surface area contributed by atoms with Crippen LogP contribution >= 0.6 is 0 Å². The number of fused-ring (bicyclic) bond motifs is 1. The van der Waals surface area contributed by atoms with Crippen LogP contribution in [0.2, 0.25) is 0 Å². The maximum atomic E-state index is 12.9. The molecule has 1 aliphatic heterocycles. The van der Waals surface area contributed by atoms with Gasteiger partial charge in [0.15, 0.2) is 0 Å². The van der Waals surface area contributed by atoms with Crippen molar-refractivity contribution >= 4 is 11.8 Å². The predicted molar refractivity (Wildman–Crippen MR) is 115 cm³/mol. The fourth-order valence-corrected chi connectivity index (χ4v) is 3.60. The van der Waals surface area contributed by atoms with E-state index in [1.165, 1.54) is 16.7 Å². The van der Waals surface area contributed by atoms with E-state index in [0.717, 1.165) is 12.0 Å². The van der Waals surface area contributed by atoms with Crippen LogP contribution in [0, 0.1) is 12.8 Å². The highest BCUT2D eigenvalue weighted by Crippen LogP contribution is 2.17. The SMILES string of the molecule is CC[C@H](C)[C@H](NC(=O)[C@@H]1Cc2ccccc2CN1)C(=O)NCc1ccc(C)cc1. The predicted octanol–water partition coefficient (Wildman–Crippen LogP) is 2.86. The summed E-state index contributed by atoms with van der Waals surface area (Å²) >= 11 is 0. The van der Waals surface area contributed by atoms with Crippen LogP contribution in [0.3, 0.4) is 0 Å². The van der Waals surface area contributed by atoms with Crippen molar-refractivity contribution in [3.05, 3.63) is 70.8 Å². The maximum absolute atomic E-state index is 12.9. The number of benzene rings is 2. The lowest BCUT2D eigenvalue weighted by molar-refractivity contribution is -0.131. The van der Waals surface area contributed by atoms with Gasteiger partial charge in [-0.15, -0.1) is 0 Å². The zero-order chi connectivity index (χ0) is 20.8. The van der Waals surface area contributed by atoms with Crippen molar-refractivity contribution in [1.82, 2.24) is 16.0 Å². The number of amides is 2. The van der Waals surface area contributed by atoms with Gasteiger partial charge in [0.05, 0.1) is 6.04 Å². The fraction of sp³-hybridized carbons (Fsp3) is 0.417. The van der Waals surface area contributed by atoms with Crippen LogP contribution in [0.4, 0.5) is 0 Å². The highest BCUT2D eigenvalue weighted by molar-refractivity contribution is 5.90. The summed E-state index contributed by atoms with van der Waals surface area (Å²) in [5.41, 5.74) is 4.65. The Hall–Kier alpha value is -2.66. The molecule has 3 N–H and O–H groups in total. The van der Waals surface area contributed by atoms with E-state index in [4.69, 9.17) is 0 Å². The van der Waals surface area contributed by atoms with Crippen molar-refractivity contribution in [3.8, 4) is 0 Å². The zero-order valence-electron chi connectivity index (χ0n) is 17.5. The molecule has 2 aromatic rings. The van der Waals surface area contributed by atoms with Crippen LogP contribution in [0.15, 0.2) is 48.5 Å². The Balaban J connectivity index is 1.61. The first-order valence-corrected chi connectivity index (χ1v) is 10.4. The van der Waals surface area contributed by atoms with Gasteiger partial charge in [0, 0.05) is 13.1 Å². The van der Waals surface area contributed by atoms with E-state index in [-0.39, 0.29) is 23.8 Å². The number of carbonyl (C=O) groups excluding carboxylic acids is 2. The van der Waals surface area contributed by atoms with Crippen LogP contribution in [0.1, 0.15) is 42.5 Å². The van der Waals surface area contributed by atoms with E-state index >= 15 is 0 Å². The quantitative estimate of drug-likeness (QED) is 0.677. The highest BCUT2D eigenvalue weighted by Gasteiger charge is 2.30.